The van der Waals surface area contributed by atoms with Gasteiger partial charge in [-0.2, -0.15) is 0 Å². The molecule has 0 fully saturated rings. The van der Waals surface area contributed by atoms with Gasteiger partial charge in [-0.15, -0.1) is 0 Å². The quantitative estimate of drug-likeness (QED) is 0.803. The Morgan fingerprint density at radius 1 is 1.44 bits per heavy atom. The van der Waals surface area contributed by atoms with Crippen molar-refractivity contribution in [3.63, 3.8) is 0 Å². The van der Waals surface area contributed by atoms with Crippen molar-refractivity contribution in [2.45, 2.75) is 39.8 Å². The van der Waals surface area contributed by atoms with E-state index in [2.05, 4.69) is 37.1 Å². The zero-order chi connectivity index (χ0) is 12.0. The fourth-order valence-electron chi connectivity index (χ4n) is 1.66. The summed E-state index contributed by atoms with van der Waals surface area (Å²) in [6.45, 7) is 9.87. The fraction of sp³-hybridized carbons (Fsp3) is 0.615. The molecule has 0 amide bonds. The molecule has 90 valence electrons. The third-order valence-electron chi connectivity index (χ3n) is 2.47. The van der Waals surface area contributed by atoms with Crippen LogP contribution in [0.3, 0.4) is 0 Å². The van der Waals surface area contributed by atoms with Crippen LogP contribution in [0, 0.1) is 6.92 Å². The minimum absolute atomic E-state index is 0.237. The van der Waals surface area contributed by atoms with Gasteiger partial charge in [-0.25, -0.2) is 0 Å². The van der Waals surface area contributed by atoms with E-state index in [4.69, 9.17) is 4.74 Å². The van der Waals surface area contributed by atoms with Crippen molar-refractivity contribution < 1.29 is 4.74 Å². The molecule has 0 aliphatic carbocycles. The molecule has 3 heteroatoms. The van der Waals surface area contributed by atoms with Crippen molar-refractivity contribution in [1.29, 1.82) is 0 Å². The van der Waals surface area contributed by atoms with Crippen LogP contribution in [0.15, 0.2) is 18.3 Å². The predicted molar refractivity (Wildman–Crippen MR) is 66.5 cm³/mol. The highest BCUT2D eigenvalue weighted by atomic mass is 16.5. The van der Waals surface area contributed by atoms with Gasteiger partial charge >= 0.3 is 0 Å². The maximum atomic E-state index is 5.68. The Bertz CT molecular complexity index is 313. The zero-order valence-corrected chi connectivity index (χ0v) is 10.7. The molecule has 3 nitrogen and oxygen atoms in total. The topological polar surface area (TPSA) is 34.1 Å². The smallest absolute Gasteiger partial charge is 0.0665 e. The second-order valence-corrected chi connectivity index (χ2v) is 4.17. The molecule has 0 saturated heterocycles. The number of pyridine rings is 1. The average Bonchev–Trinajstić information content (AvgIpc) is 2.25. The van der Waals surface area contributed by atoms with Gasteiger partial charge in [-0.05, 0) is 38.9 Å². The summed E-state index contributed by atoms with van der Waals surface area (Å²) in [6, 6.07) is 4.32. The first kappa shape index (κ1) is 13.1. The largest absolute Gasteiger partial charge is 0.377 e. The van der Waals surface area contributed by atoms with Crippen molar-refractivity contribution >= 4 is 0 Å². The monoisotopic (exact) mass is 222 g/mol. The third kappa shape index (κ3) is 3.91. The van der Waals surface area contributed by atoms with Gasteiger partial charge in [-0.3, -0.25) is 4.98 Å². The lowest BCUT2D eigenvalue weighted by Gasteiger charge is -2.21. The minimum atomic E-state index is 0.237. The number of hydrogen-bond donors (Lipinski definition) is 1. The summed E-state index contributed by atoms with van der Waals surface area (Å²) < 4.78 is 5.68. The summed E-state index contributed by atoms with van der Waals surface area (Å²) >= 11 is 0. The van der Waals surface area contributed by atoms with Crippen molar-refractivity contribution in [3.8, 4) is 0 Å². The van der Waals surface area contributed by atoms with Crippen LogP contribution in [0.5, 0.6) is 0 Å². The SMILES string of the molecule is CCNC(COC(C)C)c1cccnc1C. The number of aryl methyl sites for hydroxylation is 1. The molecule has 0 spiro atoms. The van der Waals surface area contributed by atoms with Crippen LogP contribution in [0.4, 0.5) is 0 Å². The van der Waals surface area contributed by atoms with Gasteiger partial charge in [-0.1, -0.05) is 13.0 Å². The van der Waals surface area contributed by atoms with Crippen molar-refractivity contribution in [3.05, 3.63) is 29.6 Å². The molecule has 1 N–H and O–H groups in total. The zero-order valence-electron chi connectivity index (χ0n) is 10.7. The summed E-state index contributed by atoms with van der Waals surface area (Å²) in [4.78, 5) is 4.31. The minimum Gasteiger partial charge on any atom is -0.377 e. The highest BCUT2D eigenvalue weighted by Gasteiger charge is 2.13. The number of nitrogens with zero attached hydrogens (tertiary/aromatic N) is 1. The van der Waals surface area contributed by atoms with Crippen LogP contribution in [0.1, 0.15) is 38.1 Å². The van der Waals surface area contributed by atoms with Crippen LogP contribution in [-0.4, -0.2) is 24.2 Å². The number of hydrogen-bond acceptors (Lipinski definition) is 3. The van der Waals surface area contributed by atoms with Crippen molar-refractivity contribution in [1.82, 2.24) is 10.3 Å². The van der Waals surface area contributed by atoms with Crippen molar-refractivity contribution in [2.24, 2.45) is 0 Å². The second-order valence-electron chi connectivity index (χ2n) is 4.17. The highest BCUT2D eigenvalue weighted by molar-refractivity contribution is 5.22. The van der Waals surface area contributed by atoms with Crippen LogP contribution in [-0.2, 0) is 4.74 Å². The van der Waals surface area contributed by atoms with Crippen LogP contribution in [0.2, 0.25) is 0 Å². The van der Waals surface area contributed by atoms with Crippen LogP contribution in [0.25, 0.3) is 0 Å². The van der Waals surface area contributed by atoms with E-state index in [9.17, 15) is 0 Å². The van der Waals surface area contributed by atoms with E-state index in [0.717, 1.165) is 12.2 Å². The number of likely N-dealkylation sites (N-methyl/N-ethyl adjacent to an activating group) is 1. The molecule has 0 aliphatic rings. The van der Waals surface area contributed by atoms with E-state index in [1.165, 1.54) is 5.56 Å². The molecular formula is C13H22N2O. The van der Waals surface area contributed by atoms with Crippen molar-refractivity contribution in [2.75, 3.05) is 13.2 Å². The lowest BCUT2D eigenvalue weighted by molar-refractivity contribution is 0.0612. The molecular weight excluding hydrogens is 200 g/mol. The molecule has 1 atom stereocenters. The normalized spacial score (nSPS) is 13.1. The van der Waals surface area contributed by atoms with Crippen LogP contribution < -0.4 is 5.32 Å². The Morgan fingerprint density at radius 3 is 2.75 bits per heavy atom. The van der Waals surface area contributed by atoms with Gasteiger partial charge in [0, 0.05) is 11.9 Å². The predicted octanol–water partition coefficient (Wildman–Crippen LogP) is 2.47. The van der Waals surface area contributed by atoms with E-state index in [1.54, 1.807) is 0 Å². The lowest BCUT2D eigenvalue weighted by atomic mass is 10.1. The Balaban J connectivity index is 2.73. The first-order chi connectivity index (χ1) is 7.65. The maximum Gasteiger partial charge on any atom is 0.0665 e. The van der Waals surface area contributed by atoms with Gasteiger partial charge < -0.3 is 10.1 Å². The van der Waals surface area contributed by atoms with E-state index >= 15 is 0 Å². The number of rotatable bonds is 6. The van der Waals surface area contributed by atoms with E-state index in [0.29, 0.717) is 6.61 Å². The first-order valence-corrected chi connectivity index (χ1v) is 5.91. The molecule has 0 saturated carbocycles. The van der Waals surface area contributed by atoms with E-state index in [1.807, 2.05) is 19.2 Å². The Morgan fingerprint density at radius 2 is 2.19 bits per heavy atom. The average molecular weight is 222 g/mol. The summed E-state index contributed by atoms with van der Waals surface area (Å²) in [7, 11) is 0. The van der Waals surface area contributed by atoms with Gasteiger partial charge in [0.05, 0.1) is 18.8 Å². The summed E-state index contributed by atoms with van der Waals surface area (Å²) in [5, 5.41) is 3.43. The number of nitrogens with one attached hydrogen (secondary N) is 1. The van der Waals surface area contributed by atoms with Gasteiger partial charge in [0.1, 0.15) is 0 Å². The molecule has 1 aromatic heterocycles. The highest BCUT2D eigenvalue weighted by Crippen LogP contribution is 2.16. The van der Waals surface area contributed by atoms with Gasteiger partial charge in [0.2, 0.25) is 0 Å². The maximum absolute atomic E-state index is 5.68. The third-order valence-corrected chi connectivity index (χ3v) is 2.47. The fourth-order valence-corrected chi connectivity index (χ4v) is 1.66. The van der Waals surface area contributed by atoms with Gasteiger partial charge in [0.25, 0.3) is 0 Å². The summed E-state index contributed by atoms with van der Waals surface area (Å²) in [5.41, 5.74) is 2.30. The number of aromatic nitrogens is 1. The Labute approximate surface area is 98.2 Å². The Hall–Kier alpha value is -0.930. The molecule has 0 bridgehead atoms. The molecule has 0 radical (unpaired) electrons. The molecule has 16 heavy (non-hydrogen) atoms. The molecule has 1 rings (SSSR count). The molecule has 1 aromatic rings. The lowest BCUT2D eigenvalue weighted by Crippen LogP contribution is -2.27. The molecule has 1 unspecified atom stereocenters. The van der Waals surface area contributed by atoms with E-state index in [-0.39, 0.29) is 12.1 Å². The molecule has 0 aliphatic heterocycles. The van der Waals surface area contributed by atoms with Crippen LogP contribution >= 0.6 is 0 Å². The second kappa shape index (κ2) is 6.61. The summed E-state index contributed by atoms with van der Waals surface area (Å²) in [6.07, 6.45) is 2.09. The Kier molecular flexibility index (Phi) is 5.43. The standard InChI is InChI=1S/C13H22N2O/c1-5-14-13(9-16-10(2)3)12-7-6-8-15-11(12)4/h6-8,10,13-14H,5,9H2,1-4H3. The molecule has 1 heterocycles. The van der Waals surface area contributed by atoms with E-state index < -0.39 is 0 Å². The number of ether oxygens (including phenoxy) is 1. The first-order valence-electron chi connectivity index (χ1n) is 5.91. The molecule has 0 aromatic carbocycles. The van der Waals surface area contributed by atoms with Gasteiger partial charge in [0.15, 0.2) is 0 Å². The summed E-state index contributed by atoms with van der Waals surface area (Å²) in [5.74, 6) is 0.